The molecule has 2 fully saturated rings. The Hall–Kier alpha value is -1.44. The number of carbonyl (C=O) groups is 1. The Kier molecular flexibility index (Phi) is 5.69. The van der Waals surface area contributed by atoms with Crippen LogP contribution in [-0.2, 0) is 14.8 Å². The third-order valence-corrected chi connectivity index (χ3v) is 7.55. The highest BCUT2D eigenvalue weighted by Crippen LogP contribution is 2.27. The Morgan fingerprint density at radius 1 is 1.19 bits per heavy atom. The molecule has 0 aromatic heterocycles. The smallest absolute Gasteiger partial charge is 0.243 e. The summed E-state index contributed by atoms with van der Waals surface area (Å²) in [6, 6.07) is 5.61. The number of nitrogens with zero attached hydrogens (tertiary/aromatic N) is 2. The van der Waals surface area contributed by atoms with E-state index in [0.717, 1.165) is 41.4 Å². The van der Waals surface area contributed by atoms with E-state index in [1.165, 1.54) is 19.9 Å². The van der Waals surface area contributed by atoms with Crippen molar-refractivity contribution in [3.63, 3.8) is 0 Å². The fourth-order valence-corrected chi connectivity index (χ4v) is 5.22. The molecule has 2 saturated heterocycles. The third-order valence-electron chi connectivity index (χ3n) is 5.76. The summed E-state index contributed by atoms with van der Waals surface area (Å²) in [5.74, 6) is -0.225. The minimum atomic E-state index is -3.67. The summed E-state index contributed by atoms with van der Waals surface area (Å²) >= 11 is 0. The predicted molar refractivity (Wildman–Crippen MR) is 101 cm³/mol. The van der Waals surface area contributed by atoms with Gasteiger partial charge in [-0.2, -0.15) is 4.31 Å². The van der Waals surface area contributed by atoms with Crippen molar-refractivity contribution in [2.24, 2.45) is 0 Å². The number of carbonyl (C=O) groups excluding carboxylic acids is 1. The monoisotopic (exact) mass is 379 g/mol. The van der Waals surface area contributed by atoms with Gasteiger partial charge in [0.05, 0.1) is 11.4 Å². The highest BCUT2D eigenvalue weighted by atomic mass is 32.2. The molecule has 2 aliphatic heterocycles. The molecular weight excluding hydrogens is 350 g/mol. The van der Waals surface area contributed by atoms with Crippen LogP contribution in [0.1, 0.15) is 36.8 Å². The zero-order valence-electron chi connectivity index (χ0n) is 15.9. The van der Waals surface area contributed by atoms with Crippen LogP contribution in [0.25, 0.3) is 0 Å². The maximum absolute atomic E-state index is 12.7. The molecule has 1 amide bonds. The van der Waals surface area contributed by atoms with Gasteiger partial charge in [0.2, 0.25) is 15.9 Å². The molecule has 3 rings (SSSR count). The van der Waals surface area contributed by atoms with Crippen LogP contribution in [-0.4, -0.2) is 62.3 Å². The lowest BCUT2D eigenvalue weighted by atomic mass is 9.99. The van der Waals surface area contributed by atoms with Gasteiger partial charge >= 0.3 is 0 Å². The van der Waals surface area contributed by atoms with Crippen molar-refractivity contribution in [3.05, 3.63) is 29.3 Å². The van der Waals surface area contributed by atoms with E-state index < -0.39 is 10.0 Å². The molecule has 0 unspecified atom stereocenters. The molecule has 144 valence electrons. The van der Waals surface area contributed by atoms with Crippen molar-refractivity contribution in [1.82, 2.24) is 14.5 Å². The summed E-state index contributed by atoms with van der Waals surface area (Å²) in [6.45, 7) is 5.80. The molecule has 2 atom stereocenters. The number of hydrogen-bond acceptors (Lipinski definition) is 4. The van der Waals surface area contributed by atoms with Crippen molar-refractivity contribution in [2.45, 2.75) is 56.5 Å². The van der Waals surface area contributed by atoms with Gasteiger partial charge in [-0.05, 0) is 62.9 Å². The molecule has 1 aromatic rings. The van der Waals surface area contributed by atoms with Crippen molar-refractivity contribution in [3.8, 4) is 0 Å². The molecule has 0 aliphatic carbocycles. The van der Waals surface area contributed by atoms with E-state index in [4.69, 9.17) is 0 Å². The molecule has 0 spiro atoms. The average molecular weight is 380 g/mol. The number of rotatable bonds is 5. The van der Waals surface area contributed by atoms with Gasteiger partial charge in [0.1, 0.15) is 0 Å². The van der Waals surface area contributed by atoms with E-state index in [0.29, 0.717) is 6.04 Å². The molecule has 1 aromatic carbocycles. The third kappa shape index (κ3) is 3.94. The van der Waals surface area contributed by atoms with Crippen LogP contribution in [0.5, 0.6) is 0 Å². The number of amides is 1. The number of piperidine rings is 1. The van der Waals surface area contributed by atoms with E-state index in [-0.39, 0.29) is 23.4 Å². The van der Waals surface area contributed by atoms with Gasteiger partial charge in [-0.1, -0.05) is 12.5 Å². The largest absolute Gasteiger partial charge is 0.351 e. The number of likely N-dealkylation sites (N-methyl/N-ethyl adjacent to an activating group) is 1. The summed E-state index contributed by atoms with van der Waals surface area (Å²) in [5.41, 5.74) is 1.97. The first-order valence-corrected chi connectivity index (χ1v) is 10.8. The van der Waals surface area contributed by atoms with Crippen molar-refractivity contribution < 1.29 is 13.2 Å². The molecule has 0 bridgehead atoms. The summed E-state index contributed by atoms with van der Waals surface area (Å²) in [7, 11) is -2.20. The minimum Gasteiger partial charge on any atom is -0.351 e. The molecule has 1 N–H and O–H groups in total. The van der Waals surface area contributed by atoms with Gasteiger partial charge in [0.25, 0.3) is 0 Å². The van der Waals surface area contributed by atoms with Crippen LogP contribution in [0.3, 0.4) is 0 Å². The van der Waals surface area contributed by atoms with Crippen LogP contribution in [0.2, 0.25) is 0 Å². The topological polar surface area (TPSA) is 69.7 Å². The summed E-state index contributed by atoms with van der Waals surface area (Å²) in [6.07, 6.45) is 4.49. The van der Waals surface area contributed by atoms with Crippen LogP contribution in [0.4, 0.5) is 0 Å². The fourth-order valence-electron chi connectivity index (χ4n) is 4.01. The van der Waals surface area contributed by atoms with Gasteiger partial charge in [0.15, 0.2) is 0 Å². The lowest BCUT2D eigenvalue weighted by Crippen LogP contribution is -2.49. The molecule has 0 radical (unpaired) electrons. The molecule has 26 heavy (non-hydrogen) atoms. The Balaban J connectivity index is 1.62. The zero-order valence-corrected chi connectivity index (χ0v) is 16.7. The first-order valence-electron chi connectivity index (χ1n) is 9.36. The second-order valence-corrected chi connectivity index (χ2v) is 9.61. The van der Waals surface area contributed by atoms with E-state index in [9.17, 15) is 13.2 Å². The second-order valence-electron chi connectivity index (χ2n) is 7.57. The number of sulfonamides is 1. The maximum Gasteiger partial charge on any atom is 0.243 e. The summed E-state index contributed by atoms with van der Waals surface area (Å²) < 4.78 is 26.6. The van der Waals surface area contributed by atoms with E-state index in [1.54, 1.807) is 18.2 Å². The first kappa shape index (κ1) is 19.3. The standard InChI is InChI=1S/C19H29N3O3S/c1-14-7-8-16(12-15(14)2)26(24,25)21(3)13-19(23)20-17-9-11-22-10-5-4-6-18(17)22/h7-8,12,17-18H,4-6,9-11,13H2,1-3H3,(H,20,23)/t17-,18+/m1/s1. The highest BCUT2D eigenvalue weighted by molar-refractivity contribution is 7.89. The molecule has 6 nitrogen and oxygen atoms in total. The van der Waals surface area contributed by atoms with Gasteiger partial charge < -0.3 is 5.32 Å². The fraction of sp³-hybridized carbons (Fsp3) is 0.632. The van der Waals surface area contributed by atoms with Gasteiger partial charge in [-0.3, -0.25) is 9.69 Å². The SMILES string of the molecule is Cc1ccc(S(=O)(=O)N(C)CC(=O)N[C@@H]2CCN3CCCC[C@@H]23)cc1C. The van der Waals surface area contributed by atoms with Gasteiger partial charge in [0, 0.05) is 25.7 Å². The Morgan fingerprint density at radius 3 is 2.69 bits per heavy atom. The van der Waals surface area contributed by atoms with E-state index in [2.05, 4.69) is 10.2 Å². The van der Waals surface area contributed by atoms with Gasteiger partial charge in [-0.25, -0.2) is 8.42 Å². The minimum absolute atomic E-state index is 0.139. The van der Waals surface area contributed by atoms with Crippen LogP contribution < -0.4 is 5.32 Å². The maximum atomic E-state index is 12.7. The van der Waals surface area contributed by atoms with Gasteiger partial charge in [-0.15, -0.1) is 0 Å². The zero-order chi connectivity index (χ0) is 18.9. The Morgan fingerprint density at radius 2 is 1.96 bits per heavy atom. The Labute approximate surface area is 156 Å². The lowest BCUT2D eigenvalue weighted by Gasteiger charge is -2.32. The highest BCUT2D eigenvalue weighted by Gasteiger charge is 2.36. The first-order chi connectivity index (χ1) is 12.3. The van der Waals surface area contributed by atoms with Crippen molar-refractivity contribution >= 4 is 15.9 Å². The van der Waals surface area contributed by atoms with E-state index in [1.807, 2.05) is 13.8 Å². The summed E-state index contributed by atoms with van der Waals surface area (Å²) in [5, 5.41) is 3.07. The Bertz CT molecular complexity index is 778. The quantitative estimate of drug-likeness (QED) is 0.845. The van der Waals surface area contributed by atoms with Crippen molar-refractivity contribution in [1.29, 1.82) is 0 Å². The van der Waals surface area contributed by atoms with Crippen LogP contribution in [0, 0.1) is 13.8 Å². The second kappa shape index (κ2) is 7.66. The van der Waals surface area contributed by atoms with Crippen LogP contribution in [0.15, 0.2) is 23.1 Å². The molecule has 2 aliphatic rings. The summed E-state index contributed by atoms with van der Waals surface area (Å²) in [4.78, 5) is 15.1. The molecule has 2 heterocycles. The number of benzene rings is 1. The molecule has 7 heteroatoms. The molecule has 0 saturated carbocycles. The number of nitrogens with one attached hydrogen (secondary N) is 1. The van der Waals surface area contributed by atoms with Crippen molar-refractivity contribution in [2.75, 3.05) is 26.7 Å². The normalized spacial score (nSPS) is 23.8. The number of aryl methyl sites for hydroxylation is 2. The average Bonchev–Trinajstić information content (AvgIpc) is 3.00. The predicted octanol–water partition coefficient (Wildman–Crippen LogP) is 1.67. The van der Waals surface area contributed by atoms with Crippen LogP contribution >= 0.6 is 0 Å². The number of hydrogen-bond donors (Lipinski definition) is 1. The molecular formula is C19H29N3O3S. The number of fused-ring (bicyclic) bond motifs is 1. The lowest BCUT2D eigenvalue weighted by molar-refractivity contribution is -0.122. The van der Waals surface area contributed by atoms with E-state index >= 15 is 0 Å².